The van der Waals surface area contributed by atoms with Crippen molar-refractivity contribution in [2.24, 2.45) is 0 Å². The largest absolute Gasteiger partial charge is 0.476 e. The summed E-state index contributed by atoms with van der Waals surface area (Å²) in [7, 11) is 0. The fourth-order valence-corrected chi connectivity index (χ4v) is 1.75. The Morgan fingerprint density at radius 3 is 2.69 bits per heavy atom. The topological polar surface area (TPSA) is 68.0 Å². The summed E-state index contributed by atoms with van der Waals surface area (Å²) in [6.07, 6.45) is 0.473. The van der Waals surface area contributed by atoms with E-state index in [1.807, 2.05) is 30.3 Å². The van der Waals surface area contributed by atoms with Crippen LogP contribution in [-0.4, -0.2) is 25.1 Å². The van der Waals surface area contributed by atoms with Gasteiger partial charge in [0.25, 0.3) is 0 Å². The second kappa shape index (κ2) is 4.44. The summed E-state index contributed by atoms with van der Waals surface area (Å²) in [5.74, 6) is -1.07. The highest BCUT2D eigenvalue weighted by Gasteiger charge is 2.18. The van der Waals surface area contributed by atoms with Gasteiger partial charge in [-0.1, -0.05) is 35.5 Å². The number of nitrogens with zero attached hydrogens (tertiary/aromatic N) is 3. The summed E-state index contributed by atoms with van der Waals surface area (Å²) in [5, 5.41) is 16.1. The third-order valence-electron chi connectivity index (χ3n) is 2.14. The lowest BCUT2D eigenvalue weighted by Gasteiger charge is -2.00. The number of rotatable bonds is 3. The van der Waals surface area contributed by atoms with Crippen molar-refractivity contribution in [1.82, 2.24) is 14.0 Å². The molecule has 0 radical (unpaired) electrons. The first-order chi connectivity index (χ1) is 7.68. The molecule has 0 atom stereocenters. The van der Waals surface area contributed by atoms with Crippen LogP contribution < -0.4 is 0 Å². The Kier molecular flexibility index (Phi) is 3.00. The van der Waals surface area contributed by atoms with Crippen molar-refractivity contribution in [2.45, 2.75) is 6.42 Å². The minimum absolute atomic E-state index is 0.0271. The molecule has 1 aromatic carbocycles. The van der Waals surface area contributed by atoms with Gasteiger partial charge in [0.2, 0.25) is 0 Å². The molecule has 0 aliphatic carbocycles. The lowest BCUT2D eigenvalue weighted by atomic mass is 10.1. The number of carboxylic acid groups (broad SMARTS) is 1. The zero-order valence-corrected chi connectivity index (χ0v) is 9.75. The third kappa shape index (κ3) is 2.11. The Labute approximate surface area is 100 Å². The van der Waals surface area contributed by atoms with E-state index in [4.69, 9.17) is 5.11 Å². The molecule has 0 fully saturated rings. The van der Waals surface area contributed by atoms with Crippen molar-refractivity contribution < 1.29 is 9.90 Å². The highest BCUT2D eigenvalue weighted by Crippen LogP contribution is 2.14. The number of hydrogen-bond acceptors (Lipinski definition) is 3. The molecule has 0 bridgehead atoms. The number of carboxylic acids is 1. The van der Waals surface area contributed by atoms with E-state index in [1.54, 1.807) is 0 Å². The van der Waals surface area contributed by atoms with E-state index >= 15 is 0 Å². The van der Waals surface area contributed by atoms with Crippen molar-refractivity contribution in [3.8, 4) is 0 Å². The molecular weight excluding hydrogens is 274 g/mol. The van der Waals surface area contributed by atoms with Gasteiger partial charge >= 0.3 is 5.97 Å². The first-order valence-electron chi connectivity index (χ1n) is 4.56. The molecule has 1 heterocycles. The monoisotopic (exact) mass is 281 g/mol. The molecule has 0 spiro atoms. The van der Waals surface area contributed by atoms with E-state index < -0.39 is 5.97 Å². The van der Waals surface area contributed by atoms with Crippen LogP contribution in [0.4, 0.5) is 0 Å². The molecule has 0 aliphatic rings. The molecule has 6 heteroatoms. The smallest absolute Gasteiger partial charge is 0.358 e. The molecular formula is C10H8BrN3O2. The number of aromatic carboxylic acids is 1. The van der Waals surface area contributed by atoms with Crippen molar-refractivity contribution >= 4 is 22.1 Å². The second-order valence-corrected chi connectivity index (χ2v) is 3.88. The Balaban J connectivity index is 2.34. The fourth-order valence-electron chi connectivity index (χ4n) is 1.39. The van der Waals surface area contributed by atoms with Gasteiger partial charge in [0.1, 0.15) is 0 Å². The van der Waals surface area contributed by atoms with Gasteiger partial charge in [0.15, 0.2) is 5.69 Å². The summed E-state index contributed by atoms with van der Waals surface area (Å²) in [6, 6.07) is 9.55. The van der Waals surface area contributed by atoms with Crippen molar-refractivity contribution in [3.05, 3.63) is 47.3 Å². The van der Waals surface area contributed by atoms with Gasteiger partial charge in [-0.3, -0.25) is 0 Å². The lowest BCUT2D eigenvalue weighted by Crippen LogP contribution is -2.04. The van der Waals surface area contributed by atoms with Crippen molar-refractivity contribution in [2.75, 3.05) is 0 Å². The maximum atomic E-state index is 10.9. The van der Waals surface area contributed by atoms with Crippen molar-refractivity contribution in [3.63, 3.8) is 0 Å². The van der Waals surface area contributed by atoms with Gasteiger partial charge in [-0.25, -0.2) is 4.79 Å². The molecule has 2 aromatic rings. The summed E-state index contributed by atoms with van der Waals surface area (Å²) >= 11 is 3.12. The van der Waals surface area contributed by atoms with E-state index in [0.717, 1.165) is 5.56 Å². The van der Waals surface area contributed by atoms with Crippen LogP contribution in [0.3, 0.4) is 0 Å². The highest BCUT2D eigenvalue weighted by atomic mass is 79.9. The van der Waals surface area contributed by atoms with E-state index in [9.17, 15) is 4.79 Å². The summed E-state index contributed by atoms with van der Waals surface area (Å²) in [4.78, 5) is 10.9. The average molecular weight is 282 g/mol. The average Bonchev–Trinajstić information content (AvgIpc) is 2.62. The van der Waals surface area contributed by atoms with Gasteiger partial charge in [-0.2, -0.15) is 3.71 Å². The number of hydrogen-bond donors (Lipinski definition) is 1. The number of aromatic nitrogens is 3. The molecule has 0 saturated carbocycles. The van der Waals surface area contributed by atoms with Gasteiger partial charge in [0.05, 0.1) is 21.8 Å². The lowest BCUT2D eigenvalue weighted by molar-refractivity contribution is 0.0689. The van der Waals surface area contributed by atoms with Gasteiger partial charge in [0, 0.05) is 6.42 Å². The highest BCUT2D eigenvalue weighted by molar-refractivity contribution is 9.08. The van der Waals surface area contributed by atoms with Crippen LogP contribution in [0, 0.1) is 0 Å². The maximum absolute atomic E-state index is 10.9. The van der Waals surface area contributed by atoms with E-state index in [-0.39, 0.29) is 5.69 Å². The standard InChI is InChI=1S/C10H8BrN3O2/c11-14-8(9(10(15)16)12-13-14)6-7-4-2-1-3-5-7/h1-5H,6H2,(H,15,16). The molecule has 0 unspecified atom stereocenters. The molecule has 82 valence electrons. The first kappa shape index (κ1) is 10.8. The van der Waals surface area contributed by atoms with Crippen LogP contribution in [0.1, 0.15) is 21.7 Å². The van der Waals surface area contributed by atoms with Crippen LogP contribution in [0.15, 0.2) is 30.3 Å². The molecule has 0 aliphatic heterocycles. The normalized spacial score (nSPS) is 10.3. The van der Waals surface area contributed by atoms with Crippen LogP contribution in [0.5, 0.6) is 0 Å². The van der Waals surface area contributed by atoms with Crippen LogP contribution >= 0.6 is 16.1 Å². The predicted octanol–water partition coefficient (Wildman–Crippen LogP) is 1.73. The van der Waals surface area contributed by atoms with Gasteiger partial charge in [-0.15, -0.1) is 5.10 Å². The maximum Gasteiger partial charge on any atom is 0.358 e. The summed E-state index contributed by atoms with van der Waals surface area (Å²) in [5.41, 5.74) is 1.51. The summed E-state index contributed by atoms with van der Waals surface area (Å²) < 4.78 is 1.31. The van der Waals surface area contributed by atoms with Crippen LogP contribution in [0.2, 0.25) is 0 Å². The zero-order valence-electron chi connectivity index (χ0n) is 8.17. The Hall–Kier alpha value is -1.69. The first-order valence-corrected chi connectivity index (χ1v) is 5.27. The SMILES string of the molecule is O=C(O)c1nnn(Br)c1Cc1ccccc1. The van der Waals surface area contributed by atoms with E-state index in [1.165, 1.54) is 3.71 Å². The Morgan fingerprint density at radius 1 is 1.38 bits per heavy atom. The van der Waals surface area contributed by atoms with Crippen LogP contribution in [0.25, 0.3) is 0 Å². The van der Waals surface area contributed by atoms with Gasteiger partial charge in [-0.05, 0) is 5.56 Å². The Morgan fingerprint density at radius 2 is 2.06 bits per heavy atom. The van der Waals surface area contributed by atoms with Crippen LogP contribution in [-0.2, 0) is 6.42 Å². The third-order valence-corrected chi connectivity index (χ3v) is 2.71. The zero-order chi connectivity index (χ0) is 11.5. The molecule has 16 heavy (non-hydrogen) atoms. The van der Waals surface area contributed by atoms with Crippen molar-refractivity contribution in [1.29, 1.82) is 0 Å². The summed E-state index contributed by atoms with van der Waals surface area (Å²) in [6.45, 7) is 0. The number of benzene rings is 1. The quantitative estimate of drug-likeness (QED) is 0.930. The predicted molar refractivity (Wildman–Crippen MR) is 60.6 cm³/mol. The molecule has 1 aromatic heterocycles. The fraction of sp³-hybridized carbons (Fsp3) is 0.100. The van der Waals surface area contributed by atoms with E-state index in [2.05, 4.69) is 26.5 Å². The molecule has 1 N–H and O–H groups in total. The minimum Gasteiger partial charge on any atom is -0.476 e. The molecule has 2 rings (SSSR count). The molecule has 5 nitrogen and oxygen atoms in total. The second-order valence-electron chi connectivity index (χ2n) is 3.21. The van der Waals surface area contributed by atoms with E-state index in [0.29, 0.717) is 12.1 Å². The number of halogens is 1. The number of carbonyl (C=O) groups is 1. The van der Waals surface area contributed by atoms with Gasteiger partial charge < -0.3 is 5.11 Å². The Bertz CT molecular complexity index is 510. The molecule has 0 saturated heterocycles. The molecule has 0 amide bonds. The minimum atomic E-state index is -1.07.